The van der Waals surface area contributed by atoms with Gasteiger partial charge in [-0.05, 0) is 43.6 Å². The SMILES string of the molecule is Cc1nn(C)c(CNC(C)(C)C(C)O)c1Br. The van der Waals surface area contributed by atoms with E-state index in [0.717, 1.165) is 15.9 Å². The predicted molar refractivity (Wildman–Crippen MR) is 68.2 cm³/mol. The van der Waals surface area contributed by atoms with Gasteiger partial charge < -0.3 is 10.4 Å². The Morgan fingerprint density at radius 1 is 1.56 bits per heavy atom. The summed E-state index contributed by atoms with van der Waals surface area (Å²) >= 11 is 3.52. The second kappa shape index (κ2) is 4.85. The van der Waals surface area contributed by atoms with E-state index in [0.29, 0.717) is 6.54 Å². The summed E-state index contributed by atoms with van der Waals surface area (Å²) < 4.78 is 2.88. The van der Waals surface area contributed by atoms with Gasteiger partial charge >= 0.3 is 0 Å². The van der Waals surface area contributed by atoms with Gasteiger partial charge in [-0.25, -0.2) is 0 Å². The zero-order valence-corrected chi connectivity index (χ0v) is 12.1. The predicted octanol–water partition coefficient (Wildman–Crippen LogP) is 1.74. The molecule has 0 radical (unpaired) electrons. The van der Waals surface area contributed by atoms with Crippen LogP contribution in [0.1, 0.15) is 32.2 Å². The van der Waals surface area contributed by atoms with E-state index in [4.69, 9.17) is 0 Å². The third-order valence-corrected chi connectivity index (χ3v) is 4.05. The Morgan fingerprint density at radius 3 is 2.50 bits per heavy atom. The summed E-state index contributed by atoms with van der Waals surface area (Å²) in [5, 5.41) is 17.3. The average Bonchev–Trinajstić information content (AvgIpc) is 2.39. The molecule has 0 aliphatic heterocycles. The van der Waals surface area contributed by atoms with Crippen molar-refractivity contribution in [2.75, 3.05) is 0 Å². The molecule has 1 aromatic heterocycles. The zero-order chi connectivity index (χ0) is 12.5. The largest absolute Gasteiger partial charge is 0.392 e. The Labute approximate surface area is 105 Å². The van der Waals surface area contributed by atoms with Gasteiger partial charge in [0.15, 0.2) is 0 Å². The van der Waals surface area contributed by atoms with Crippen LogP contribution in [-0.4, -0.2) is 26.5 Å². The fraction of sp³-hybridized carbons (Fsp3) is 0.727. The van der Waals surface area contributed by atoms with Gasteiger partial charge in [0, 0.05) is 19.1 Å². The number of nitrogens with zero attached hydrogens (tertiary/aromatic N) is 2. The number of aryl methyl sites for hydroxylation is 2. The van der Waals surface area contributed by atoms with Crippen LogP contribution in [0.3, 0.4) is 0 Å². The molecule has 1 aromatic rings. The maximum Gasteiger partial charge on any atom is 0.0739 e. The maximum absolute atomic E-state index is 9.61. The maximum atomic E-state index is 9.61. The third-order valence-electron chi connectivity index (χ3n) is 3.02. The van der Waals surface area contributed by atoms with Crippen LogP contribution in [0.15, 0.2) is 4.47 Å². The van der Waals surface area contributed by atoms with Crippen LogP contribution in [0.25, 0.3) is 0 Å². The molecule has 92 valence electrons. The summed E-state index contributed by atoms with van der Waals surface area (Å²) in [4.78, 5) is 0. The molecule has 0 amide bonds. The molecule has 0 aliphatic carbocycles. The second-order valence-corrected chi connectivity index (χ2v) is 5.51. The molecule has 0 bridgehead atoms. The average molecular weight is 290 g/mol. The fourth-order valence-electron chi connectivity index (χ4n) is 1.33. The highest BCUT2D eigenvalue weighted by atomic mass is 79.9. The van der Waals surface area contributed by atoms with Gasteiger partial charge in [-0.2, -0.15) is 5.10 Å². The molecule has 1 rings (SSSR count). The zero-order valence-electron chi connectivity index (χ0n) is 10.5. The van der Waals surface area contributed by atoms with E-state index >= 15 is 0 Å². The van der Waals surface area contributed by atoms with Gasteiger partial charge in [0.05, 0.1) is 22.0 Å². The Morgan fingerprint density at radius 2 is 2.12 bits per heavy atom. The van der Waals surface area contributed by atoms with E-state index in [1.807, 2.05) is 32.5 Å². The van der Waals surface area contributed by atoms with E-state index in [-0.39, 0.29) is 5.54 Å². The number of hydrogen-bond acceptors (Lipinski definition) is 3. The van der Waals surface area contributed by atoms with Crippen molar-refractivity contribution >= 4 is 15.9 Å². The molecule has 0 spiro atoms. The van der Waals surface area contributed by atoms with Gasteiger partial charge in [-0.3, -0.25) is 4.68 Å². The summed E-state index contributed by atoms with van der Waals surface area (Å²) in [7, 11) is 1.92. The molecule has 5 heteroatoms. The van der Waals surface area contributed by atoms with Crippen LogP contribution in [-0.2, 0) is 13.6 Å². The second-order valence-electron chi connectivity index (χ2n) is 4.72. The number of aliphatic hydroxyl groups excluding tert-OH is 1. The van der Waals surface area contributed by atoms with Crippen LogP contribution in [0, 0.1) is 6.92 Å². The Kier molecular flexibility index (Phi) is 4.15. The molecule has 1 heterocycles. The number of rotatable bonds is 4. The standard InChI is InChI=1S/C11H20BrN3O/c1-7-10(12)9(15(5)14-7)6-13-11(3,4)8(2)16/h8,13,16H,6H2,1-5H3. The molecule has 0 saturated heterocycles. The van der Waals surface area contributed by atoms with Crippen LogP contribution in [0.5, 0.6) is 0 Å². The lowest BCUT2D eigenvalue weighted by Crippen LogP contribution is -2.47. The number of aromatic nitrogens is 2. The molecular formula is C11H20BrN3O. The Balaban J connectivity index is 2.75. The molecule has 1 unspecified atom stereocenters. The summed E-state index contributed by atoms with van der Waals surface area (Å²) in [5.41, 5.74) is 1.76. The molecule has 0 fully saturated rings. The van der Waals surface area contributed by atoms with Crippen molar-refractivity contribution in [2.24, 2.45) is 7.05 Å². The van der Waals surface area contributed by atoms with Crippen molar-refractivity contribution in [1.82, 2.24) is 15.1 Å². The lowest BCUT2D eigenvalue weighted by Gasteiger charge is -2.29. The first-order valence-electron chi connectivity index (χ1n) is 5.36. The summed E-state index contributed by atoms with van der Waals surface area (Å²) in [5.74, 6) is 0. The van der Waals surface area contributed by atoms with Gasteiger partial charge in [0.25, 0.3) is 0 Å². The highest BCUT2D eigenvalue weighted by Gasteiger charge is 2.24. The minimum absolute atomic E-state index is 0.308. The van der Waals surface area contributed by atoms with Crippen LogP contribution >= 0.6 is 15.9 Å². The first kappa shape index (κ1) is 13.7. The molecule has 2 N–H and O–H groups in total. The fourth-order valence-corrected chi connectivity index (χ4v) is 1.81. The van der Waals surface area contributed by atoms with Crippen molar-refractivity contribution in [2.45, 2.75) is 45.9 Å². The van der Waals surface area contributed by atoms with E-state index in [9.17, 15) is 5.11 Å². The highest BCUT2D eigenvalue weighted by molar-refractivity contribution is 9.10. The first-order chi connectivity index (χ1) is 7.25. The van der Waals surface area contributed by atoms with E-state index < -0.39 is 6.10 Å². The van der Waals surface area contributed by atoms with Crippen molar-refractivity contribution in [3.63, 3.8) is 0 Å². The number of halogens is 1. The van der Waals surface area contributed by atoms with Gasteiger partial charge in [0.1, 0.15) is 0 Å². The lowest BCUT2D eigenvalue weighted by molar-refractivity contribution is 0.0951. The van der Waals surface area contributed by atoms with Crippen molar-refractivity contribution in [1.29, 1.82) is 0 Å². The minimum atomic E-state index is -0.402. The Bertz CT molecular complexity index is 372. The van der Waals surface area contributed by atoms with Crippen molar-refractivity contribution in [3.05, 3.63) is 15.9 Å². The summed E-state index contributed by atoms with van der Waals surface area (Å²) in [6.45, 7) is 8.39. The third kappa shape index (κ3) is 2.84. The minimum Gasteiger partial charge on any atom is -0.392 e. The molecule has 4 nitrogen and oxygen atoms in total. The monoisotopic (exact) mass is 289 g/mol. The Hall–Kier alpha value is -0.390. The summed E-state index contributed by atoms with van der Waals surface area (Å²) in [6, 6.07) is 0. The van der Waals surface area contributed by atoms with Gasteiger partial charge in [-0.1, -0.05) is 0 Å². The van der Waals surface area contributed by atoms with E-state index in [1.54, 1.807) is 6.92 Å². The van der Waals surface area contributed by atoms with Gasteiger partial charge in [0.2, 0.25) is 0 Å². The topological polar surface area (TPSA) is 50.1 Å². The number of aliphatic hydroxyl groups is 1. The number of hydrogen-bond donors (Lipinski definition) is 2. The van der Waals surface area contributed by atoms with Crippen LogP contribution < -0.4 is 5.32 Å². The van der Waals surface area contributed by atoms with Crippen LogP contribution in [0.4, 0.5) is 0 Å². The van der Waals surface area contributed by atoms with Crippen molar-refractivity contribution in [3.8, 4) is 0 Å². The molecule has 1 atom stereocenters. The van der Waals surface area contributed by atoms with Gasteiger partial charge in [-0.15, -0.1) is 0 Å². The van der Waals surface area contributed by atoms with E-state index in [2.05, 4.69) is 26.3 Å². The van der Waals surface area contributed by atoms with E-state index in [1.165, 1.54) is 0 Å². The normalized spacial score (nSPS) is 14.2. The first-order valence-corrected chi connectivity index (χ1v) is 6.16. The molecule has 0 aliphatic rings. The summed E-state index contributed by atoms with van der Waals surface area (Å²) in [6.07, 6.45) is -0.402. The van der Waals surface area contributed by atoms with Crippen molar-refractivity contribution < 1.29 is 5.11 Å². The highest BCUT2D eigenvalue weighted by Crippen LogP contribution is 2.21. The smallest absolute Gasteiger partial charge is 0.0739 e. The molecule has 16 heavy (non-hydrogen) atoms. The molecular weight excluding hydrogens is 270 g/mol. The molecule has 0 aromatic carbocycles. The van der Waals surface area contributed by atoms with Crippen LogP contribution in [0.2, 0.25) is 0 Å². The number of nitrogens with one attached hydrogen (secondary N) is 1. The molecule has 0 saturated carbocycles. The quantitative estimate of drug-likeness (QED) is 0.888. The lowest BCUT2D eigenvalue weighted by atomic mass is 9.99.